The molecule has 1 aliphatic rings. The molecule has 12 heteroatoms. The number of piperidine rings is 1. The van der Waals surface area contributed by atoms with E-state index in [0.717, 1.165) is 24.3 Å². The second-order valence-corrected chi connectivity index (χ2v) is 8.00. The highest BCUT2D eigenvalue weighted by atomic mass is 32.1. The number of likely N-dealkylation sites (tertiary alicyclic amines) is 1. The van der Waals surface area contributed by atoms with Crippen LogP contribution in [0.5, 0.6) is 0 Å². The van der Waals surface area contributed by atoms with Gasteiger partial charge in [0.2, 0.25) is 0 Å². The molecule has 2 aromatic heterocycles. The summed E-state index contributed by atoms with van der Waals surface area (Å²) in [6, 6.07) is 5.73. The van der Waals surface area contributed by atoms with Crippen LogP contribution in [0.1, 0.15) is 39.4 Å². The minimum atomic E-state index is -4.91. The predicted molar refractivity (Wildman–Crippen MR) is 107 cm³/mol. The Labute approximate surface area is 183 Å². The Balaban J connectivity index is 1.49. The lowest BCUT2D eigenvalue weighted by molar-refractivity contribution is -0.143. The van der Waals surface area contributed by atoms with Crippen molar-refractivity contribution >= 4 is 23.2 Å². The Bertz CT molecular complexity index is 1100. The van der Waals surface area contributed by atoms with Gasteiger partial charge in [-0.05, 0) is 48.6 Å². The number of carbonyl (C=O) groups excluding carboxylic acids is 2. The van der Waals surface area contributed by atoms with Gasteiger partial charge in [0.15, 0.2) is 11.4 Å². The summed E-state index contributed by atoms with van der Waals surface area (Å²) >= 11 is 1.40. The maximum atomic E-state index is 13.8. The van der Waals surface area contributed by atoms with Crippen LogP contribution < -0.4 is 5.32 Å². The zero-order valence-corrected chi connectivity index (χ0v) is 17.3. The van der Waals surface area contributed by atoms with E-state index in [-0.39, 0.29) is 30.7 Å². The van der Waals surface area contributed by atoms with E-state index in [1.807, 2.05) is 0 Å². The smallest absolute Gasteiger partial charge is 0.349 e. The van der Waals surface area contributed by atoms with E-state index >= 15 is 0 Å². The third kappa shape index (κ3) is 4.49. The molecule has 168 valence electrons. The summed E-state index contributed by atoms with van der Waals surface area (Å²) in [6.07, 6.45) is -4.11. The molecular weight excluding hydrogens is 450 g/mol. The van der Waals surface area contributed by atoms with Crippen LogP contribution in [0.4, 0.5) is 17.6 Å². The zero-order valence-electron chi connectivity index (χ0n) is 16.5. The molecule has 2 amide bonds. The molecule has 1 N–H and O–H groups in total. The molecule has 0 atom stereocenters. The third-order valence-electron chi connectivity index (χ3n) is 5.11. The van der Waals surface area contributed by atoms with Crippen molar-refractivity contribution in [3.8, 4) is 5.69 Å². The van der Waals surface area contributed by atoms with E-state index in [1.54, 1.807) is 16.8 Å². The Morgan fingerprint density at radius 2 is 1.78 bits per heavy atom. The van der Waals surface area contributed by atoms with Gasteiger partial charge < -0.3 is 10.2 Å². The van der Waals surface area contributed by atoms with Crippen molar-refractivity contribution in [2.24, 2.45) is 0 Å². The fourth-order valence-corrected chi connectivity index (χ4v) is 4.12. The van der Waals surface area contributed by atoms with Crippen molar-refractivity contribution in [3.63, 3.8) is 0 Å². The number of carbonyl (C=O) groups is 2. The van der Waals surface area contributed by atoms with Crippen LogP contribution >= 0.6 is 11.3 Å². The standard InChI is InChI=1S/C20H17F4N5O2S/c21-13-1-3-15(4-2-13)29-17(20(22,23)24)16(26-27-29)19(31)28-8-5-14(6-9-28)25-18(30)12-7-10-32-11-12/h1-4,7,10-11,14H,5-6,8-9H2,(H,25,30). The fraction of sp³-hybridized carbons (Fsp3) is 0.300. The van der Waals surface area contributed by atoms with Crippen LogP contribution in [0, 0.1) is 5.82 Å². The lowest BCUT2D eigenvalue weighted by atomic mass is 10.0. The van der Waals surface area contributed by atoms with Crippen molar-refractivity contribution in [3.05, 3.63) is 63.9 Å². The lowest BCUT2D eigenvalue weighted by Gasteiger charge is -2.32. The number of amides is 2. The number of aromatic nitrogens is 3. The van der Waals surface area contributed by atoms with E-state index in [2.05, 4.69) is 15.6 Å². The number of alkyl halides is 3. The molecule has 0 saturated carbocycles. The van der Waals surface area contributed by atoms with Crippen LogP contribution in [-0.4, -0.2) is 50.8 Å². The summed E-state index contributed by atoms with van der Waals surface area (Å²) in [7, 11) is 0. The summed E-state index contributed by atoms with van der Waals surface area (Å²) in [6.45, 7) is 0.322. The molecule has 1 fully saturated rings. The van der Waals surface area contributed by atoms with Crippen molar-refractivity contribution in [2.45, 2.75) is 25.1 Å². The van der Waals surface area contributed by atoms with Gasteiger partial charge in [0.05, 0.1) is 5.69 Å². The minimum absolute atomic E-state index is 0.0693. The Hall–Kier alpha value is -3.28. The van der Waals surface area contributed by atoms with Gasteiger partial charge in [-0.25, -0.2) is 9.07 Å². The largest absolute Gasteiger partial charge is 0.435 e. The van der Waals surface area contributed by atoms with E-state index in [9.17, 15) is 27.2 Å². The summed E-state index contributed by atoms with van der Waals surface area (Å²) in [5.41, 5.74) is -1.66. The molecule has 1 aromatic carbocycles. The summed E-state index contributed by atoms with van der Waals surface area (Å²) in [5, 5.41) is 13.4. The number of hydrogen-bond acceptors (Lipinski definition) is 5. The second-order valence-electron chi connectivity index (χ2n) is 7.22. The molecule has 4 rings (SSSR count). The Morgan fingerprint density at radius 3 is 2.38 bits per heavy atom. The summed E-state index contributed by atoms with van der Waals surface area (Å²) in [5.74, 6) is -1.74. The van der Waals surface area contributed by atoms with Crippen LogP contribution in [0.15, 0.2) is 41.1 Å². The number of nitrogens with zero attached hydrogens (tertiary/aromatic N) is 4. The van der Waals surface area contributed by atoms with Crippen LogP contribution in [-0.2, 0) is 6.18 Å². The number of hydrogen-bond donors (Lipinski definition) is 1. The van der Waals surface area contributed by atoms with Gasteiger partial charge in [0.25, 0.3) is 11.8 Å². The van der Waals surface area contributed by atoms with E-state index in [4.69, 9.17) is 0 Å². The maximum Gasteiger partial charge on any atom is 0.435 e. The average Bonchev–Trinajstić information content (AvgIpc) is 3.44. The summed E-state index contributed by atoms with van der Waals surface area (Å²) < 4.78 is 55.0. The normalized spacial score (nSPS) is 15.1. The number of nitrogens with one attached hydrogen (secondary N) is 1. The monoisotopic (exact) mass is 467 g/mol. The molecule has 0 unspecified atom stereocenters. The molecule has 0 aliphatic carbocycles. The first-order chi connectivity index (χ1) is 15.2. The molecule has 3 heterocycles. The predicted octanol–water partition coefficient (Wildman–Crippen LogP) is 3.52. The third-order valence-corrected chi connectivity index (χ3v) is 5.80. The van der Waals surface area contributed by atoms with Crippen LogP contribution in [0.25, 0.3) is 5.69 Å². The zero-order chi connectivity index (χ0) is 22.9. The van der Waals surface area contributed by atoms with Gasteiger partial charge in [-0.15, -0.1) is 5.10 Å². The molecule has 3 aromatic rings. The number of benzene rings is 1. The van der Waals surface area contributed by atoms with E-state index < -0.39 is 29.3 Å². The SMILES string of the molecule is O=C(NC1CCN(C(=O)c2nnn(-c3ccc(F)cc3)c2C(F)(F)F)CC1)c1ccsc1. The van der Waals surface area contributed by atoms with E-state index in [1.165, 1.54) is 16.2 Å². The first kappa shape index (κ1) is 21.9. The molecule has 0 radical (unpaired) electrons. The van der Waals surface area contributed by atoms with Crippen molar-refractivity contribution in [1.29, 1.82) is 0 Å². The average molecular weight is 467 g/mol. The maximum absolute atomic E-state index is 13.8. The topological polar surface area (TPSA) is 80.1 Å². The Morgan fingerprint density at radius 1 is 1.09 bits per heavy atom. The highest BCUT2D eigenvalue weighted by molar-refractivity contribution is 7.08. The second kappa shape index (κ2) is 8.69. The van der Waals surface area contributed by atoms with Crippen LogP contribution in [0.3, 0.4) is 0 Å². The highest BCUT2D eigenvalue weighted by Crippen LogP contribution is 2.33. The van der Waals surface area contributed by atoms with Crippen molar-refractivity contribution in [2.75, 3.05) is 13.1 Å². The number of halogens is 4. The van der Waals surface area contributed by atoms with Gasteiger partial charge in [0, 0.05) is 30.1 Å². The van der Waals surface area contributed by atoms with Crippen molar-refractivity contribution < 1.29 is 27.2 Å². The van der Waals surface area contributed by atoms with Gasteiger partial charge in [-0.1, -0.05) is 5.21 Å². The minimum Gasteiger partial charge on any atom is -0.349 e. The molecule has 32 heavy (non-hydrogen) atoms. The molecule has 0 spiro atoms. The molecular formula is C20H17F4N5O2S. The first-order valence-electron chi connectivity index (χ1n) is 9.65. The van der Waals surface area contributed by atoms with Gasteiger partial charge >= 0.3 is 6.18 Å². The van der Waals surface area contributed by atoms with E-state index in [0.29, 0.717) is 23.1 Å². The molecule has 1 aliphatic heterocycles. The number of rotatable bonds is 4. The van der Waals surface area contributed by atoms with Crippen LogP contribution in [0.2, 0.25) is 0 Å². The number of thiophene rings is 1. The fourth-order valence-electron chi connectivity index (χ4n) is 3.48. The van der Waals surface area contributed by atoms with Gasteiger partial charge in [0.1, 0.15) is 5.82 Å². The highest BCUT2D eigenvalue weighted by Gasteiger charge is 2.43. The quantitative estimate of drug-likeness (QED) is 0.596. The Kier molecular flexibility index (Phi) is 5.96. The van der Waals surface area contributed by atoms with Gasteiger partial charge in [-0.3, -0.25) is 9.59 Å². The lowest BCUT2D eigenvalue weighted by Crippen LogP contribution is -2.46. The van der Waals surface area contributed by atoms with Crippen molar-refractivity contribution in [1.82, 2.24) is 25.2 Å². The summed E-state index contributed by atoms with van der Waals surface area (Å²) in [4.78, 5) is 26.3. The molecule has 7 nitrogen and oxygen atoms in total. The van der Waals surface area contributed by atoms with Gasteiger partial charge in [-0.2, -0.15) is 24.5 Å². The molecule has 0 bridgehead atoms. The first-order valence-corrected chi connectivity index (χ1v) is 10.6. The molecule has 1 saturated heterocycles.